The van der Waals surface area contributed by atoms with Crippen molar-refractivity contribution in [3.05, 3.63) is 101 Å². The minimum absolute atomic E-state index is 0.152. The van der Waals surface area contributed by atoms with Crippen molar-refractivity contribution < 1.29 is 14.3 Å². The highest BCUT2D eigenvalue weighted by atomic mass is 79.9. The molecule has 3 aromatic carbocycles. The molecule has 160 valence electrons. The van der Waals surface area contributed by atoms with Gasteiger partial charge in [0.25, 0.3) is 5.91 Å². The Balaban J connectivity index is 1.87. The van der Waals surface area contributed by atoms with Gasteiger partial charge in [0.1, 0.15) is 11.8 Å². The standard InChI is InChI=1S/C25H25BrN2O3/c1-27-25(30)23(16-19-9-4-2-5-10-19)28(17-20-11-8-12-21(26)15-20)24(29)18-31-22-13-6-3-7-14-22/h2-15,23H,16-18H2,1H3,(H,27,30)/t23-/m0/s1. The van der Waals surface area contributed by atoms with Crippen LogP contribution in [0.3, 0.4) is 0 Å². The van der Waals surface area contributed by atoms with Crippen LogP contribution in [0.2, 0.25) is 0 Å². The number of halogens is 1. The minimum Gasteiger partial charge on any atom is -0.484 e. The van der Waals surface area contributed by atoms with Gasteiger partial charge in [-0.3, -0.25) is 9.59 Å². The molecule has 3 aromatic rings. The lowest BCUT2D eigenvalue weighted by Gasteiger charge is -2.31. The summed E-state index contributed by atoms with van der Waals surface area (Å²) < 4.78 is 6.61. The van der Waals surface area contributed by atoms with E-state index >= 15 is 0 Å². The number of carbonyl (C=O) groups is 2. The maximum atomic E-state index is 13.3. The van der Waals surface area contributed by atoms with Crippen molar-refractivity contribution in [1.82, 2.24) is 10.2 Å². The topological polar surface area (TPSA) is 58.6 Å². The van der Waals surface area contributed by atoms with E-state index in [1.54, 1.807) is 24.1 Å². The molecule has 1 N–H and O–H groups in total. The van der Waals surface area contributed by atoms with Gasteiger partial charge >= 0.3 is 0 Å². The maximum Gasteiger partial charge on any atom is 0.261 e. The third-order valence-corrected chi connectivity index (χ3v) is 5.36. The monoisotopic (exact) mass is 480 g/mol. The molecule has 31 heavy (non-hydrogen) atoms. The van der Waals surface area contributed by atoms with Gasteiger partial charge in [-0.1, -0.05) is 76.6 Å². The number of nitrogens with one attached hydrogen (secondary N) is 1. The quantitative estimate of drug-likeness (QED) is 0.498. The van der Waals surface area contributed by atoms with Crippen molar-refractivity contribution in [2.45, 2.75) is 19.0 Å². The van der Waals surface area contributed by atoms with Gasteiger partial charge in [-0.2, -0.15) is 0 Å². The number of para-hydroxylation sites is 1. The highest BCUT2D eigenvalue weighted by Crippen LogP contribution is 2.18. The largest absolute Gasteiger partial charge is 0.484 e. The molecule has 0 aliphatic heterocycles. The first-order valence-corrected chi connectivity index (χ1v) is 10.8. The predicted molar refractivity (Wildman–Crippen MR) is 125 cm³/mol. The fourth-order valence-corrected chi connectivity index (χ4v) is 3.74. The van der Waals surface area contributed by atoms with E-state index in [1.807, 2.05) is 72.8 Å². The van der Waals surface area contributed by atoms with Gasteiger partial charge in [-0.15, -0.1) is 0 Å². The molecule has 0 spiro atoms. The van der Waals surface area contributed by atoms with Gasteiger partial charge < -0.3 is 15.0 Å². The van der Waals surface area contributed by atoms with Gasteiger partial charge in [0, 0.05) is 24.5 Å². The van der Waals surface area contributed by atoms with Gasteiger partial charge in [0.2, 0.25) is 5.91 Å². The summed E-state index contributed by atoms with van der Waals surface area (Å²) in [5.74, 6) is 0.137. The predicted octanol–water partition coefficient (Wildman–Crippen LogP) is 4.21. The fraction of sp³-hybridized carbons (Fsp3) is 0.200. The first-order valence-electron chi connectivity index (χ1n) is 10.0. The molecular formula is C25H25BrN2O3. The molecule has 0 aliphatic rings. The van der Waals surface area contributed by atoms with Crippen LogP contribution in [0.1, 0.15) is 11.1 Å². The minimum atomic E-state index is -0.668. The molecule has 0 radical (unpaired) electrons. The lowest BCUT2D eigenvalue weighted by Crippen LogP contribution is -2.51. The average molecular weight is 481 g/mol. The van der Waals surface area contributed by atoms with Crippen LogP contribution in [0.25, 0.3) is 0 Å². The number of benzene rings is 3. The van der Waals surface area contributed by atoms with Crippen LogP contribution in [-0.2, 0) is 22.6 Å². The summed E-state index contributed by atoms with van der Waals surface area (Å²) in [6.07, 6.45) is 0.408. The fourth-order valence-electron chi connectivity index (χ4n) is 3.30. The summed E-state index contributed by atoms with van der Waals surface area (Å²) in [7, 11) is 1.59. The summed E-state index contributed by atoms with van der Waals surface area (Å²) in [5.41, 5.74) is 1.90. The highest BCUT2D eigenvalue weighted by molar-refractivity contribution is 9.10. The molecule has 2 amide bonds. The lowest BCUT2D eigenvalue weighted by molar-refractivity contribution is -0.142. The molecule has 0 saturated heterocycles. The molecule has 0 bridgehead atoms. The molecule has 1 atom stereocenters. The summed E-state index contributed by atoms with van der Waals surface area (Å²) in [6, 6.07) is 25.9. The van der Waals surface area contributed by atoms with E-state index in [9.17, 15) is 9.59 Å². The van der Waals surface area contributed by atoms with Crippen molar-refractivity contribution in [1.29, 1.82) is 0 Å². The molecule has 0 saturated carbocycles. The average Bonchev–Trinajstić information content (AvgIpc) is 2.80. The van der Waals surface area contributed by atoms with Crippen LogP contribution in [-0.4, -0.2) is 36.4 Å². The Morgan fingerprint density at radius 3 is 2.23 bits per heavy atom. The zero-order valence-corrected chi connectivity index (χ0v) is 18.9. The van der Waals surface area contributed by atoms with Gasteiger partial charge in [0.15, 0.2) is 6.61 Å². The Morgan fingerprint density at radius 1 is 0.935 bits per heavy atom. The van der Waals surface area contributed by atoms with Crippen LogP contribution in [0.15, 0.2) is 89.4 Å². The number of likely N-dealkylation sites (N-methyl/N-ethyl adjacent to an activating group) is 1. The van der Waals surface area contributed by atoms with Crippen molar-refractivity contribution >= 4 is 27.7 Å². The van der Waals surface area contributed by atoms with E-state index < -0.39 is 6.04 Å². The van der Waals surface area contributed by atoms with Crippen LogP contribution in [0.4, 0.5) is 0 Å². The van der Waals surface area contributed by atoms with E-state index in [0.717, 1.165) is 15.6 Å². The second-order valence-electron chi connectivity index (χ2n) is 7.07. The summed E-state index contributed by atoms with van der Waals surface area (Å²) in [4.78, 5) is 27.7. The van der Waals surface area contributed by atoms with E-state index in [0.29, 0.717) is 18.7 Å². The smallest absolute Gasteiger partial charge is 0.261 e. The Kier molecular flexibility index (Phi) is 8.24. The highest BCUT2D eigenvalue weighted by Gasteiger charge is 2.30. The molecule has 0 aromatic heterocycles. The molecule has 3 rings (SSSR count). The van der Waals surface area contributed by atoms with E-state index in [4.69, 9.17) is 4.74 Å². The zero-order valence-electron chi connectivity index (χ0n) is 17.3. The molecule has 0 fully saturated rings. The number of carbonyl (C=O) groups excluding carboxylic acids is 2. The molecule has 5 nitrogen and oxygen atoms in total. The summed E-state index contributed by atoms with van der Waals surface area (Å²) in [6.45, 7) is 0.141. The van der Waals surface area contributed by atoms with Crippen LogP contribution in [0.5, 0.6) is 5.75 Å². The second-order valence-corrected chi connectivity index (χ2v) is 7.99. The number of amides is 2. The molecule has 0 aliphatic carbocycles. The normalized spacial score (nSPS) is 11.4. The lowest BCUT2D eigenvalue weighted by atomic mass is 10.0. The molecule has 0 heterocycles. The van der Waals surface area contributed by atoms with Gasteiger partial charge in [0.05, 0.1) is 0 Å². The summed E-state index contributed by atoms with van der Waals surface area (Å²) in [5, 5.41) is 2.71. The van der Waals surface area contributed by atoms with Gasteiger partial charge in [-0.25, -0.2) is 0 Å². The number of hydrogen-bond acceptors (Lipinski definition) is 3. The maximum absolute atomic E-state index is 13.3. The Bertz CT molecular complexity index is 996. The van der Waals surface area contributed by atoms with Crippen molar-refractivity contribution in [3.63, 3.8) is 0 Å². The SMILES string of the molecule is CNC(=O)[C@H](Cc1ccccc1)N(Cc1cccc(Br)c1)C(=O)COc1ccccc1. The molecule has 6 heteroatoms. The Hall–Kier alpha value is -3.12. The second kappa shape index (κ2) is 11.3. The number of nitrogens with zero attached hydrogens (tertiary/aromatic N) is 1. The van der Waals surface area contributed by atoms with E-state index in [-0.39, 0.29) is 18.4 Å². The van der Waals surface area contributed by atoms with Crippen molar-refractivity contribution in [2.75, 3.05) is 13.7 Å². The first kappa shape index (κ1) is 22.6. The van der Waals surface area contributed by atoms with Crippen molar-refractivity contribution in [2.24, 2.45) is 0 Å². The van der Waals surface area contributed by atoms with Crippen molar-refractivity contribution in [3.8, 4) is 5.75 Å². The Morgan fingerprint density at radius 2 is 1.58 bits per heavy atom. The number of hydrogen-bond donors (Lipinski definition) is 1. The molecular weight excluding hydrogens is 456 g/mol. The number of rotatable bonds is 9. The van der Waals surface area contributed by atoms with Crippen LogP contribution < -0.4 is 10.1 Å². The number of ether oxygens (including phenoxy) is 1. The third kappa shape index (κ3) is 6.69. The Labute approximate surface area is 191 Å². The third-order valence-electron chi connectivity index (χ3n) is 4.86. The van der Waals surface area contributed by atoms with Gasteiger partial charge in [-0.05, 0) is 35.4 Å². The van der Waals surface area contributed by atoms with E-state index in [1.165, 1.54) is 0 Å². The van der Waals surface area contributed by atoms with Crippen LogP contribution >= 0.6 is 15.9 Å². The van der Waals surface area contributed by atoms with E-state index in [2.05, 4.69) is 21.2 Å². The zero-order chi connectivity index (χ0) is 22.1. The van der Waals surface area contributed by atoms with Crippen LogP contribution in [0, 0.1) is 0 Å². The molecule has 0 unspecified atom stereocenters. The summed E-state index contributed by atoms with van der Waals surface area (Å²) >= 11 is 3.48. The first-order chi connectivity index (χ1) is 15.1.